The first-order valence-corrected chi connectivity index (χ1v) is 10.0. The normalized spacial score (nSPS) is 11.1. The number of hydrogen-bond acceptors (Lipinski definition) is 5. The number of carbonyl (C=O) groups is 1. The number of amides is 1. The van der Waals surface area contributed by atoms with E-state index in [0.717, 1.165) is 0 Å². The lowest BCUT2D eigenvalue weighted by Gasteiger charge is -2.12. The van der Waals surface area contributed by atoms with Crippen molar-refractivity contribution >= 4 is 33.5 Å². The van der Waals surface area contributed by atoms with Gasteiger partial charge in [-0.05, 0) is 61.5 Å². The molecule has 33 heavy (non-hydrogen) atoms. The molecule has 0 fully saturated rings. The molecule has 0 aliphatic heterocycles. The van der Waals surface area contributed by atoms with Crippen LogP contribution in [0.15, 0.2) is 86.8 Å². The van der Waals surface area contributed by atoms with E-state index < -0.39 is 17.3 Å². The summed E-state index contributed by atoms with van der Waals surface area (Å²) in [6.45, 7) is 1.68. The standard InChI is InChI=1S/C25H16FN3O4/c1-14-27-21-11-8-17(13-19(21)24(31)29(14)18-9-6-16(26)7-10-18)28-23(30)20-12-15-4-2-3-5-22(15)33-25(20)32/h2-13H,1H3,(H,28,30). The van der Waals surface area contributed by atoms with Crippen molar-refractivity contribution in [3.63, 3.8) is 0 Å². The number of hydrogen-bond donors (Lipinski definition) is 1. The minimum Gasteiger partial charge on any atom is -0.422 e. The lowest BCUT2D eigenvalue weighted by Crippen LogP contribution is -2.23. The number of aromatic nitrogens is 2. The third kappa shape index (κ3) is 3.67. The van der Waals surface area contributed by atoms with Crippen molar-refractivity contribution in [2.24, 2.45) is 0 Å². The molecule has 2 aromatic heterocycles. The summed E-state index contributed by atoms with van der Waals surface area (Å²) in [6, 6.07) is 18.5. The number of aryl methyl sites for hydroxylation is 1. The first-order chi connectivity index (χ1) is 15.9. The van der Waals surface area contributed by atoms with Crippen molar-refractivity contribution in [1.29, 1.82) is 0 Å². The van der Waals surface area contributed by atoms with Crippen LogP contribution >= 0.6 is 0 Å². The van der Waals surface area contributed by atoms with Gasteiger partial charge >= 0.3 is 5.63 Å². The maximum absolute atomic E-state index is 13.3. The molecule has 162 valence electrons. The lowest BCUT2D eigenvalue weighted by atomic mass is 10.1. The maximum Gasteiger partial charge on any atom is 0.349 e. The van der Waals surface area contributed by atoms with Crippen molar-refractivity contribution in [3.8, 4) is 5.69 Å². The Morgan fingerprint density at radius 1 is 1.00 bits per heavy atom. The van der Waals surface area contributed by atoms with Crippen LogP contribution in [0.2, 0.25) is 0 Å². The van der Waals surface area contributed by atoms with E-state index in [2.05, 4.69) is 10.3 Å². The topological polar surface area (TPSA) is 94.2 Å². The van der Waals surface area contributed by atoms with E-state index in [1.165, 1.54) is 41.0 Å². The van der Waals surface area contributed by atoms with Crippen LogP contribution in [0.1, 0.15) is 16.2 Å². The highest BCUT2D eigenvalue weighted by Crippen LogP contribution is 2.19. The highest BCUT2D eigenvalue weighted by Gasteiger charge is 2.16. The predicted molar refractivity (Wildman–Crippen MR) is 122 cm³/mol. The molecular weight excluding hydrogens is 425 g/mol. The third-order valence-corrected chi connectivity index (χ3v) is 5.26. The zero-order chi connectivity index (χ0) is 23.1. The number of anilines is 1. The van der Waals surface area contributed by atoms with E-state index in [-0.39, 0.29) is 16.5 Å². The van der Waals surface area contributed by atoms with Gasteiger partial charge in [-0.2, -0.15) is 0 Å². The molecule has 7 nitrogen and oxygen atoms in total. The average Bonchev–Trinajstić information content (AvgIpc) is 2.80. The highest BCUT2D eigenvalue weighted by atomic mass is 19.1. The van der Waals surface area contributed by atoms with E-state index in [0.29, 0.717) is 33.7 Å². The largest absolute Gasteiger partial charge is 0.422 e. The van der Waals surface area contributed by atoms with Crippen LogP contribution < -0.4 is 16.5 Å². The second kappa shape index (κ2) is 7.83. The van der Waals surface area contributed by atoms with Gasteiger partial charge in [-0.3, -0.25) is 14.2 Å². The number of fused-ring (bicyclic) bond motifs is 2. The Labute approximate surface area is 185 Å². The molecule has 5 rings (SSSR count). The summed E-state index contributed by atoms with van der Waals surface area (Å²) in [5, 5.41) is 3.51. The van der Waals surface area contributed by atoms with Crippen molar-refractivity contribution in [3.05, 3.63) is 111 Å². The molecule has 0 bridgehead atoms. The van der Waals surface area contributed by atoms with Gasteiger partial charge in [0.2, 0.25) is 0 Å². The SMILES string of the molecule is Cc1nc2ccc(NC(=O)c3cc4ccccc4oc3=O)cc2c(=O)n1-c1ccc(F)cc1. The number of benzene rings is 3. The second-order valence-electron chi connectivity index (χ2n) is 7.45. The molecule has 1 N–H and O–H groups in total. The summed E-state index contributed by atoms with van der Waals surface area (Å²) in [7, 11) is 0. The van der Waals surface area contributed by atoms with Gasteiger partial charge in [0.15, 0.2) is 0 Å². The number of rotatable bonds is 3. The molecular formula is C25H16FN3O4. The van der Waals surface area contributed by atoms with Gasteiger partial charge in [-0.25, -0.2) is 14.2 Å². The molecule has 0 atom stereocenters. The quantitative estimate of drug-likeness (QED) is 0.424. The monoisotopic (exact) mass is 441 g/mol. The molecule has 2 heterocycles. The molecule has 5 aromatic rings. The Bertz CT molecular complexity index is 1670. The molecule has 0 radical (unpaired) electrons. The summed E-state index contributed by atoms with van der Waals surface area (Å²) in [5.41, 5.74) is 0.324. The van der Waals surface area contributed by atoms with Gasteiger partial charge in [-0.15, -0.1) is 0 Å². The smallest absolute Gasteiger partial charge is 0.349 e. The van der Waals surface area contributed by atoms with Gasteiger partial charge in [0, 0.05) is 11.1 Å². The lowest BCUT2D eigenvalue weighted by molar-refractivity contribution is 0.102. The van der Waals surface area contributed by atoms with Crippen LogP contribution in [0, 0.1) is 12.7 Å². The van der Waals surface area contributed by atoms with E-state index in [1.54, 1.807) is 43.3 Å². The van der Waals surface area contributed by atoms with Crippen LogP contribution in [-0.2, 0) is 0 Å². The molecule has 0 saturated carbocycles. The average molecular weight is 441 g/mol. The summed E-state index contributed by atoms with van der Waals surface area (Å²) in [6.07, 6.45) is 0. The number of nitrogens with zero attached hydrogens (tertiary/aromatic N) is 2. The van der Waals surface area contributed by atoms with E-state index in [1.807, 2.05) is 0 Å². The first kappa shape index (κ1) is 20.3. The fourth-order valence-corrected chi connectivity index (χ4v) is 3.69. The van der Waals surface area contributed by atoms with E-state index in [9.17, 15) is 18.8 Å². The van der Waals surface area contributed by atoms with E-state index >= 15 is 0 Å². The number of carbonyl (C=O) groups excluding carboxylic acids is 1. The zero-order valence-electron chi connectivity index (χ0n) is 17.3. The van der Waals surface area contributed by atoms with Crippen molar-refractivity contribution in [1.82, 2.24) is 9.55 Å². The molecule has 0 aliphatic rings. The fraction of sp³-hybridized carbons (Fsp3) is 0.0400. The Morgan fingerprint density at radius 3 is 2.55 bits per heavy atom. The van der Waals surface area contributed by atoms with Gasteiger partial charge in [0.05, 0.1) is 16.6 Å². The maximum atomic E-state index is 13.3. The molecule has 8 heteroatoms. The number of halogens is 1. The summed E-state index contributed by atoms with van der Waals surface area (Å²) in [5.74, 6) is -0.640. The predicted octanol–water partition coefficient (Wildman–Crippen LogP) is 4.19. The Balaban J connectivity index is 1.55. The molecule has 3 aromatic carbocycles. The molecule has 0 unspecified atom stereocenters. The fourth-order valence-electron chi connectivity index (χ4n) is 3.69. The van der Waals surface area contributed by atoms with Crippen molar-refractivity contribution in [2.75, 3.05) is 5.32 Å². The molecule has 0 aliphatic carbocycles. The number of para-hydroxylation sites is 1. The summed E-state index contributed by atoms with van der Waals surface area (Å²) in [4.78, 5) is 42.7. The minimum absolute atomic E-state index is 0.153. The van der Waals surface area contributed by atoms with Gasteiger partial charge < -0.3 is 9.73 Å². The highest BCUT2D eigenvalue weighted by molar-refractivity contribution is 6.06. The number of nitrogens with one attached hydrogen (secondary N) is 1. The molecule has 0 spiro atoms. The van der Waals surface area contributed by atoms with Gasteiger partial charge in [0.25, 0.3) is 11.5 Å². The Morgan fingerprint density at radius 2 is 1.76 bits per heavy atom. The van der Waals surface area contributed by atoms with Gasteiger partial charge in [0.1, 0.15) is 22.8 Å². The summed E-state index contributed by atoms with van der Waals surface area (Å²) >= 11 is 0. The van der Waals surface area contributed by atoms with Crippen LogP contribution in [0.4, 0.5) is 10.1 Å². The zero-order valence-corrected chi connectivity index (χ0v) is 17.3. The van der Waals surface area contributed by atoms with Crippen molar-refractivity contribution in [2.45, 2.75) is 6.92 Å². The first-order valence-electron chi connectivity index (χ1n) is 10.0. The molecule has 0 saturated heterocycles. The van der Waals surface area contributed by atoms with E-state index in [4.69, 9.17) is 4.42 Å². The third-order valence-electron chi connectivity index (χ3n) is 5.26. The van der Waals surface area contributed by atoms with Crippen LogP contribution in [0.3, 0.4) is 0 Å². The van der Waals surface area contributed by atoms with Crippen LogP contribution in [0.25, 0.3) is 27.6 Å². The van der Waals surface area contributed by atoms with Crippen molar-refractivity contribution < 1.29 is 13.6 Å². The molecule has 1 amide bonds. The Kier molecular flexibility index (Phi) is 4.82. The minimum atomic E-state index is -0.761. The van der Waals surface area contributed by atoms with Crippen LogP contribution in [-0.4, -0.2) is 15.5 Å². The van der Waals surface area contributed by atoms with Gasteiger partial charge in [-0.1, -0.05) is 18.2 Å². The second-order valence-corrected chi connectivity index (χ2v) is 7.45. The van der Waals surface area contributed by atoms with Crippen LogP contribution in [0.5, 0.6) is 0 Å². The summed E-state index contributed by atoms with van der Waals surface area (Å²) < 4.78 is 19.9. The Hall–Kier alpha value is -4.59.